The van der Waals surface area contributed by atoms with Crippen molar-refractivity contribution in [2.75, 3.05) is 58.8 Å². The van der Waals surface area contributed by atoms with Gasteiger partial charge in [0.25, 0.3) is 0 Å². The number of benzene rings is 2. The van der Waals surface area contributed by atoms with Crippen molar-refractivity contribution in [3.8, 4) is 28.9 Å². The monoisotopic (exact) mass is 659 g/mol. The van der Waals surface area contributed by atoms with Crippen molar-refractivity contribution in [2.24, 2.45) is 0 Å². The number of nitrogens with zero attached hydrogens (tertiary/aromatic N) is 5. The molecule has 7 rings (SSSR count). The second kappa shape index (κ2) is 12.2. The Hall–Kier alpha value is -3.65. The first-order valence-corrected chi connectivity index (χ1v) is 15.5. The summed E-state index contributed by atoms with van der Waals surface area (Å²) in [6.45, 7) is 1.19. The summed E-state index contributed by atoms with van der Waals surface area (Å²) in [5, 5.41) is 10.5. The summed E-state index contributed by atoms with van der Waals surface area (Å²) in [4.78, 5) is 17.7. The van der Waals surface area contributed by atoms with Crippen LogP contribution in [0.25, 0.3) is 32.9 Å². The lowest BCUT2D eigenvalue weighted by molar-refractivity contribution is 0.0512. The van der Waals surface area contributed by atoms with Crippen LogP contribution in [0.5, 0.6) is 17.6 Å². The van der Waals surface area contributed by atoms with Crippen molar-refractivity contribution in [1.29, 1.82) is 0 Å². The summed E-state index contributed by atoms with van der Waals surface area (Å²) in [5.74, 6) is -0.835. The van der Waals surface area contributed by atoms with E-state index in [2.05, 4.69) is 19.9 Å². The van der Waals surface area contributed by atoms with Crippen LogP contribution in [-0.2, 0) is 4.74 Å². The van der Waals surface area contributed by atoms with Crippen molar-refractivity contribution >= 4 is 39.1 Å². The summed E-state index contributed by atoms with van der Waals surface area (Å²) in [5.41, 5.74) is -0.648. The first-order valence-electron chi connectivity index (χ1n) is 15.2. The number of halogens is 4. The van der Waals surface area contributed by atoms with E-state index in [1.807, 2.05) is 0 Å². The van der Waals surface area contributed by atoms with Gasteiger partial charge in [-0.15, -0.1) is 0 Å². The Balaban J connectivity index is 1.41. The molecule has 1 N–H and O–H groups in total. The first kappa shape index (κ1) is 31.0. The number of pyridine rings is 1. The first-order chi connectivity index (χ1) is 22.2. The summed E-state index contributed by atoms with van der Waals surface area (Å²) in [6, 6.07) is 5.46. The zero-order valence-corrected chi connectivity index (χ0v) is 26.1. The van der Waals surface area contributed by atoms with Crippen LogP contribution in [0.3, 0.4) is 0 Å². The number of alkyl halides is 1. The van der Waals surface area contributed by atoms with Gasteiger partial charge in [-0.1, -0.05) is 17.7 Å². The standard InChI is InChI=1S/C32H33ClF3N5O5/c1-40-19(6-9-42)14-44-30-24-28(38-31(39-29(24)40)45-15-32-7-3-8-41(32)13-18(34)12-32)26(36)27(37-30)21-11-20(46-16-43-2)10-17-4-5-22(35)25(33)23(17)21/h4-5,10-11,18-19,42H,3,6-9,12-16H2,1-2H3/t18-,19+,32+/m1/s1. The Labute approximate surface area is 268 Å². The lowest BCUT2D eigenvalue weighted by Crippen LogP contribution is -2.43. The maximum absolute atomic E-state index is 16.9. The molecular weight excluding hydrogens is 627 g/mol. The molecule has 0 saturated carbocycles. The molecule has 2 saturated heterocycles. The molecule has 0 aliphatic carbocycles. The maximum atomic E-state index is 16.9. The van der Waals surface area contributed by atoms with Crippen LogP contribution in [-0.4, -0.2) is 96.6 Å². The fourth-order valence-corrected chi connectivity index (χ4v) is 7.28. The highest BCUT2D eigenvalue weighted by molar-refractivity contribution is 6.37. The van der Waals surface area contributed by atoms with Crippen molar-refractivity contribution in [2.45, 2.75) is 43.4 Å². The molecule has 0 amide bonds. The van der Waals surface area contributed by atoms with Gasteiger partial charge in [0.15, 0.2) is 12.6 Å². The van der Waals surface area contributed by atoms with Gasteiger partial charge in [0.2, 0.25) is 5.88 Å². The Morgan fingerprint density at radius 2 is 2.00 bits per heavy atom. The SMILES string of the molecule is COCOc1cc(-c2nc3c4c(nc(OC[C@@]56CCCN5C[C@H](F)C6)nc4c2F)N(C)[C@@H](CCO)CO3)c2c(Cl)c(F)ccc2c1. The van der Waals surface area contributed by atoms with Crippen molar-refractivity contribution < 1.29 is 37.2 Å². The predicted molar refractivity (Wildman–Crippen MR) is 166 cm³/mol. The van der Waals surface area contributed by atoms with E-state index in [0.29, 0.717) is 36.3 Å². The minimum atomic E-state index is -0.947. The van der Waals surface area contributed by atoms with Gasteiger partial charge in [-0.05, 0) is 49.4 Å². The van der Waals surface area contributed by atoms with Crippen molar-refractivity contribution in [1.82, 2.24) is 19.9 Å². The molecule has 2 aromatic carbocycles. The van der Waals surface area contributed by atoms with E-state index in [-0.39, 0.29) is 77.1 Å². The molecule has 3 aliphatic heterocycles. The molecule has 10 nitrogen and oxygen atoms in total. The molecule has 14 heteroatoms. The molecule has 2 fully saturated rings. The number of likely N-dealkylation sites (N-methyl/N-ethyl adjacent to an activating group) is 1. The zero-order valence-electron chi connectivity index (χ0n) is 25.4. The second-order valence-corrected chi connectivity index (χ2v) is 12.4. The Morgan fingerprint density at radius 1 is 1.15 bits per heavy atom. The molecule has 46 heavy (non-hydrogen) atoms. The number of hydrogen-bond donors (Lipinski definition) is 1. The number of anilines is 1. The van der Waals surface area contributed by atoms with Crippen LogP contribution in [0.2, 0.25) is 5.02 Å². The molecule has 5 heterocycles. The normalized spacial score (nSPS) is 22.7. The van der Waals surface area contributed by atoms with E-state index in [1.54, 1.807) is 18.0 Å². The average Bonchev–Trinajstić information content (AvgIpc) is 3.54. The minimum Gasteiger partial charge on any atom is -0.475 e. The fraction of sp³-hybridized carbons (Fsp3) is 0.469. The number of hydrogen-bond acceptors (Lipinski definition) is 10. The molecule has 0 unspecified atom stereocenters. The number of aliphatic hydroxyl groups is 1. The van der Waals surface area contributed by atoms with Crippen molar-refractivity contribution in [3.63, 3.8) is 0 Å². The Morgan fingerprint density at radius 3 is 2.80 bits per heavy atom. The van der Waals surface area contributed by atoms with Gasteiger partial charge in [0.05, 0.1) is 16.6 Å². The Kier molecular flexibility index (Phi) is 8.20. The van der Waals surface area contributed by atoms with E-state index in [9.17, 15) is 13.9 Å². The molecule has 0 radical (unpaired) electrons. The summed E-state index contributed by atoms with van der Waals surface area (Å²) in [6.07, 6.45) is 1.45. The summed E-state index contributed by atoms with van der Waals surface area (Å²) >= 11 is 6.47. The van der Waals surface area contributed by atoms with E-state index >= 15 is 4.39 Å². The van der Waals surface area contributed by atoms with E-state index in [0.717, 1.165) is 19.4 Å². The molecular formula is C32H33ClF3N5O5. The third-order valence-electron chi connectivity index (χ3n) is 9.28. The van der Waals surface area contributed by atoms with Crippen LogP contribution in [0.15, 0.2) is 24.3 Å². The van der Waals surface area contributed by atoms with Crippen LogP contribution >= 0.6 is 11.6 Å². The zero-order chi connectivity index (χ0) is 32.2. The summed E-state index contributed by atoms with van der Waals surface area (Å²) < 4.78 is 69.2. The third kappa shape index (κ3) is 5.23. The molecule has 3 aliphatic rings. The molecule has 4 aromatic rings. The lowest BCUT2D eigenvalue weighted by Gasteiger charge is -2.31. The lowest BCUT2D eigenvalue weighted by atomic mass is 9.95. The van der Waals surface area contributed by atoms with Gasteiger partial charge in [0.1, 0.15) is 53.4 Å². The topological polar surface area (TPSA) is 102 Å². The van der Waals surface area contributed by atoms with E-state index in [1.165, 1.54) is 25.3 Å². The predicted octanol–water partition coefficient (Wildman–Crippen LogP) is 5.29. The Bertz CT molecular complexity index is 1820. The average molecular weight is 660 g/mol. The van der Waals surface area contributed by atoms with E-state index < -0.39 is 23.3 Å². The highest BCUT2D eigenvalue weighted by atomic mass is 35.5. The number of aromatic nitrogens is 3. The van der Waals surface area contributed by atoms with Crippen LogP contribution in [0, 0.1) is 11.6 Å². The number of aliphatic hydroxyl groups excluding tert-OH is 1. The number of rotatable bonds is 9. The highest BCUT2D eigenvalue weighted by Gasteiger charge is 2.49. The third-order valence-corrected chi connectivity index (χ3v) is 9.65. The highest BCUT2D eigenvalue weighted by Crippen LogP contribution is 2.45. The van der Waals surface area contributed by atoms with Gasteiger partial charge in [-0.25, -0.2) is 18.2 Å². The largest absolute Gasteiger partial charge is 0.475 e. The van der Waals surface area contributed by atoms with Gasteiger partial charge in [0, 0.05) is 44.7 Å². The van der Waals surface area contributed by atoms with Crippen LogP contribution in [0.1, 0.15) is 25.7 Å². The van der Waals surface area contributed by atoms with Gasteiger partial charge >= 0.3 is 6.01 Å². The molecule has 244 valence electrons. The van der Waals surface area contributed by atoms with Crippen LogP contribution in [0.4, 0.5) is 19.0 Å². The maximum Gasteiger partial charge on any atom is 0.319 e. The van der Waals surface area contributed by atoms with Gasteiger partial charge in [-0.3, -0.25) is 4.90 Å². The van der Waals surface area contributed by atoms with Gasteiger partial charge in [-0.2, -0.15) is 9.97 Å². The number of ether oxygens (including phenoxy) is 4. The quantitative estimate of drug-likeness (QED) is 0.239. The fourth-order valence-electron chi connectivity index (χ4n) is 7.01. The number of methoxy groups -OCH3 is 1. The molecule has 2 aromatic heterocycles. The van der Waals surface area contributed by atoms with Crippen LogP contribution < -0.4 is 19.1 Å². The molecule has 0 spiro atoms. The second-order valence-electron chi connectivity index (χ2n) is 12.1. The molecule has 0 bridgehead atoms. The van der Waals surface area contributed by atoms with E-state index in [4.69, 9.17) is 30.5 Å². The number of fused-ring (bicyclic) bond motifs is 2. The smallest absolute Gasteiger partial charge is 0.319 e. The summed E-state index contributed by atoms with van der Waals surface area (Å²) in [7, 11) is 3.24. The van der Waals surface area contributed by atoms with Gasteiger partial charge < -0.3 is 29.0 Å². The molecule has 3 atom stereocenters. The minimum absolute atomic E-state index is 0.0563. The van der Waals surface area contributed by atoms with Crippen molar-refractivity contribution in [3.05, 3.63) is 40.9 Å².